The highest BCUT2D eigenvalue weighted by molar-refractivity contribution is 6.00. The molecular formula is C22H22N4O5. The Morgan fingerprint density at radius 2 is 1.77 bits per heavy atom. The average molecular weight is 422 g/mol. The number of carbonyl (C=O) groups excluding carboxylic acids is 2. The second-order valence-electron chi connectivity index (χ2n) is 8.60. The van der Waals surface area contributed by atoms with Gasteiger partial charge in [0.25, 0.3) is 0 Å². The van der Waals surface area contributed by atoms with E-state index in [0.717, 1.165) is 17.8 Å². The lowest BCUT2D eigenvalue weighted by atomic mass is 9.82. The van der Waals surface area contributed by atoms with E-state index in [9.17, 15) is 24.5 Å². The number of nitro groups is 1. The van der Waals surface area contributed by atoms with Crippen LogP contribution < -0.4 is 10.5 Å². The zero-order valence-corrected chi connectivity index (χ0v) is 16.8. The lowest BCUT2D eigenvalue weighted by molar-refractivity contribution is -0.386. The number of aromatic nitrogens is 1. The fourth-order valence-corrected chi connectivity index (χ4v) is 5.24. The molecule has 3 aliphatic heterocycles. The minimum Gasteiger partial charge on any atom is -0.341 e. The number of carbonyl (C=O) groups is 2. The van der Waals surface area contributed by atoms with Crippen LogP contribution in [0.4, 0.5) is 11.4 Å². The van der Waals surface area contributed by atoms with Crippen LogP contribution in [0.5, 0.6) is 0 Å². The maximum Gasteiger partial charge on any atom is 0.334 e. The van der Waals surface area contributed by atoms with Crippen LogP contribution in [-0.4, -0.2) is 45.8 Å². The molecule has 1 unspecified atom stereocenters. The van der Waals surface area contributed by atoms with Crippen LogP contribution in [0.15, 0.2) is 47.3 Å². The number of hydrogen-bond donors (Lipinski definition) is 0. The fourth-order valence-electron chi connectivity index (χ4n) is 5.24. The van der Waals surface area contributed by atoms with Gasteiger partial charge in [0.2, 0.25) is 11.8 Å². The number of fused-ring (bicyclic) bond motifs is 4. The SMILES string of the molecule is O=C(C1CC(=O)N(c2ccccc2)C1)N1C[C@H]2C[C@H](C1)c1ccc([N+](=O)[O-])c(=O)n1C2. The van der Waals surface area contributed by atoms with E-state index in [1.165, 1.54) is 10.6 Å². The Morgan fingerprint density at radius 3 is 2.52 bits per heavy atom. The van der Waals surface area contributed by atoms with Gasteiger partial charge in [-0.15, -0.1) is 0 Å². The third kappa shape index (κ3) is 3.30. The van der Waals surface area contributed by atoms with E-state index >= 15 is 0 Å². The maximum atomic E-state index is 13.3. The maximum absolute atomic E-state index is 13.3. The van der Waals surface area contributed by atoms with Gasteiger partial charge in [-0.2, -0.15) is 0 Å². The van der Waals surface area contributed by atoms with E-state index in [1.54, 1.807) is 11.0 Å². The van der Waals surface area contributed by atoms with Crippen LogP contribution in [-0.2, 0) is 16.1 Å². The summed E-state index contributed by atoms with van der Waals surface area (Å²) in [4.78, 5) is 52.2. The van der Waals surface area contributed by atoms with Crippen LogP contribution >= 0.6 is 0 Å². The molecule has 31 heavy (non-hydrogen) atoms. The third-order valence-corrected chi connectivity index (χ3v) is 6.63. The molecule has 2 bridgehead atoms. The molecule has 0 spiro atoms. The number of para-hydroxylation sites is 1. The molecule has 9 heteroatoms. The predicted octanol–water partition coefficient (Wildman–Crippen LogP) is 1.76. The van der Waals surface area contributed by atoms with Gasteiger partial charge in [-0.05, 0) is 30.5 Å². The van der Waals surface area contributed by atoms with Crippen molar-refractivity contribution in [1.29, 1.82) is 0 Å². The molecule has 0 aliphatic carbocycles. The van der Waals surface area contributed by atoms with Crippen molar-refractivity contribution >= 4 is 23.2 Å². The van der Waals surface area contributed by atoms with Crippen molar-refractivity contribution in [1.82, 2.24) is 9.47 Å². The molecule has 5 rings (SSSR count). The second kappa shape index (κ2) is 7.33. The molecule has 2 saturated heterocycles. The highest BCUT2D eigenvalue weighted by atomic mass is 16.6. The first-order valence-electron chi connectivity index (χ1n) is 10.4. The number of piperidine rings is 1. The van der Waals surface area contributed by atoms with Gasteiger partial charge in [0, 0.05) is 56.0 Å². The molecule has 4 heterocycles. The fraction of sp³-hybridized carbons (Fsp3) is 0.409. The third-order valence-electron chi connectivity index (χ3n) is 6.63. The van der Waals surface area contributed by atoms with Crippen molar-refractivity contribution in [3.05, 3.63) is 68.6 Å². The lowest BCUT2D eigenvalue weighted by Gasteiger charge is -2.43. The zero-order valence-electron chi connectivity index (χ0n) is 16.8. The molecule has 2 amide bonds. The molecule has 0 radical (unpaired) electrons. The van der Waals surface area contributed by atoms with Crippen molar-refractivity contribution < 1.29 is 14.5 Å². The number of hydrogen-bond acceptors (Lipinski definition) is 5. The monoisotopic (exact) mass is 422 g/mol. The molecule has 9 nitrogen and oxygen atoms in total. The summed E-state index contributed by atoms with van der Waals surface area (Å²) < 4.78 is 1.51. The highest BCUT2D eigenvalue weighted by Gasteiger charge is 2.42. The molecule has 160 valence electrons. The number of nitrogens with zero attached hydrogens (tertiary/aromatic N) is 4. The van der Waals surface area contributed by atoms with Gasteiger partial charge in [0.05, 0.1) is 10.8 Å². The summed E-state index contributed by atoms with van der Waals surface area (Å²) in [6.45, 7) is 1.70. The van der Waals surface area contributed by atoms with Crippen LogP contribution in [0.25, 0.3) is 0 Å². The number of rotatable bonds is 3. The summed E-state index contributed by atoms with van der Waals surface area (Å²) in [5, 5.41) is 11.1. The van der Waals surface area contributed by atoms with Crippen molar-refractivity contribution in [3.63, 3.8) is 0 Å². The molecule has 3 aliphatic rings. The molecule has 2 aromatic rings. The van der Waals surface area contributed by atoms with E-state index in [1.807, 2.05) is 35.2 Å². The smallest absolute Gasteiger partial charge is 0.334 e. The Labute approximate surface area is 178 Å². The molecule has 3 atom stereocenters. The van der Waals surface area contributed by atoms with Gasteiger partial charge in [-0.25, -0.2) is 0 Å². The summed E-state index contributed by atoms with van der Waals surface area (Å²) in [5.41, 5.74) is 0.560. The Kier molecular flexibility index (Phi) is 4.60. The van der Waals surface area contributed by atoms with Gasteiger partial charge in [0.15, 0.2) is 0 Å². The molecule has 1 aromatic carbocycles. The van der Waals surface area contributed by atoms with Crippen LogP contribution in [0.1, 0.15) is 24.5 Å². The van der Waals surface area contributed by atoms with Crippen molar-refractivity contribution in [2.75, 3.05) is 24.5 Å². The lowest BCUT2D eigenvalue weighted by Crippen LogP contribution is -2.51. The van der Waals surface area contributed by atoms with E-state index in [2.05, 4.69) is 0 Å². The van der Waals surface area contributed by atoms with Gasteiger partial charge in [-0.3, -0.25) is 24.5 Å². The second-order valence-corrected chi connectivity index (χ2v) is 8.60. The van der Waals surface area contributed by atoms with E-state index < -0.39 is 16.2 Å². The quantitative estimate of drug-likeness (QED) is 0.554. The Morgan fingerprint density at radius 1 is 1.00 bits per heavy atom. The minimum atomic E-state index is -0.647. The van der Waals surface area contributed by atoms with Gasteiger partial charge in [0.1, 0.15) is 0 Å². The summed E-state index contributed by atoms with van der Waals surface area (Å²) in [7, 11) is 0. The largest absolute Gasteiger partial charge is 0.341 e. The first-order chi connectivity index (χ1) is 14.9. The van der Waals surface area contributed by atoms with Crippen molar-refractivity contribution in [2.24, 2.45) is 11.8 Å². The zero-order chi connectivity index (χ0) is 21.7. The number of likely N-dealkylation sites (tertiary alicyclic amines) is 1. The summed E-state index contributed by atoms with van der Waals surface area (Å²) in [6, 6.07) is 12.3. The number of amides is 2. The van der Waals surface area contributed by atoms with Gasteiger partial charge in [-0.1, -0.05) is 18.2 Å². The first kappa shape index (κ1) is 19.5. The Hall–Kier alpha value is -3.49. The average Bonchev–Trinajstić information content (AvgIpc) is 3.16. The van der Waals surface area contributed by atoms with Crippen molar-refractivity contribution in [3.8, 4) is 0 Å². The summed E-state index contributed by atoms with van der Waals surface area (Å²) in [5.74, 6) is -0.430. The standard InChI is InChI=1S/C22H22N4O5/c27-20-9-16(13-24(20)17-4-2-1-3-5-17)21(28)23-10-14-8-15(12-23)18-6-7-19(26(30)31)22(29)25(18)11-14/h1-7,14-16H,8-13H2/t14-,15-,16?/m1/s1. The molecule has 2 fully saturated rings. The first-order valence-corrected chi connectivity index (χ1v) is 10.4. The predicted molar refractivity (Wildman–Crippen MR) is 112 cm³/mol. The number of benzene rings is 1. The van der Waals surface area contributed by atoms with E-state index in [-0.39, 0.29) is 36.0 Å². The highest BCUT2D eigenvalue weighted by Crippen LogP contribution is 2.37. The number of anilines is 1. The molecule has 0 saturated carbocycles. The molecular weight excluding hydrogens is 400 g/mol. The summed E-state index contributed by atoms with van der Waals surface area (Å²) >= 11 is 0. The molecule has 0 N–H and O–H groups in total. The Bertz CT molecular complexity index is 1130. The van der Waals surface area contributed by atoms with Crippen LogP contribution in [0.2, 0.25) is 0 Å². The van der Waals surface area contributed by atoms with Crippen LogP contribution in [0.3, 0.4) is 0 Å². The summed E-state index contributed by atoms with van der Waals surface area (Å²) in [6.07, 6.45) is 1.04. The topological polar surface area (TPSA) is 106 Å². The normalized spacial score (nSPS) is 24.8. The minimum absolute atomic E-state index is 0.0285. The van der Waals surface area contributed by atoms with Crippen molar-refractivity contribution in [2.45, 2.75) is 25.3 Å². The van der Waals surface area contributed by atoms with Gasteiger partial charge < -0.3 is 14.4 Å². The Balaban J connectivity index is 1.34. The van der Waals surface area contributed by atoms with E-state index in [0.29, 0.717) is 26.2 Å². The van der Waals surface area contributed by atoms with Gasteiger partial charge >= 0.3 is 11.2 Å². The molecule has 1 aromatic heterocycles. The number of pyridine rings is 1. The van der Waals surface area contributed by atoms with E-state index in [4.69, 9.17) is 0 Å². The van der Waals surface area contributed by atoms with Crippen LogP contribution in [0, 0.1) is 22.0 Å².